The molecule has 0 aromatic carbocycles. The van der Waals surface area contributed by atoms with Gasteiger partial charge >= 0.3 is 0 Å². The first-order valence-electron chi connectivity index (χ1n) is 6.30. The number of amides is 1. The van der Waals surface area contributed by atoms with E-state index in [1.165, 1.54) is 22.7 Å². The number of nitrogens with one attached hydrogen (secondary N) is 1. The summed E-state index contributed by atoms with van der Waals surface area (Å²) in [5.41, 5.74) is 6.09. The van der Waals surface area contributed by atoms with Crippen LogP contribution in [0.5, 0.6) is 0 Å². The van der Waals surface area contributed by atoms with Crippen molar-refractivity contribution in [3.63, 3.8) is 0 Å². The Morgan fingerprint density at radius 3 is 2.75 bits per heavy atom. The maximum atomic E-state index is 12.0. The Hall–Kier alpha value is -1.38. The summed E-state index contributed by atoms with van der Waals surface area (Å²) in [6.45, 7) is 6.07. The molecule has 0 saturated heterocycles. The van der Waals surface area contributed by atoms with E-state index >= 15 is 0 Å². The largest absolute Gasteiger partial charge is 0.322 e. The number of nitrogens with zero attached hydrogens (tertiary/aromatic N) is 3. The second-order valence-corrected chi connectivity index (χ2v) is 6.86. The van der Waals surface area contributed by atoms with Crippen LogP contribution in [0, 0.1) is 5.92 Å². The lowest BCUT2D eigenvalue weighted by atomic mass is 10.1. The minimum Gasteiger partial charge on any atom is -0.322 e. The number of thiazole rings is 1. The van der Waals surface area contributed by atoms with Crippen LogP contribution in [0.1, 0.15) is 47.3 Å². The van der Waals surface area contributed by atoms with Gasteiger partial charge in [-0.25, -0.2) is 4.98 Å². The van der Waals surface area contributed by atoms with E-state index in [0.717, 1.165) is 16.4 Å². The molecule has 2 aromatic heterocycles. The Labute approximate surface area is 125 Å². The van der Waals surface area contributed by atoms with Crippen LogP contribution in [0.25, 0.3) is 0 Å². The molecule has 2 rings (SSSR count). The number of carbonyl (C=O) groups excluding carboxylic acids is 1. The van der Waals surface area contributed by atoms with Gasteiger partial charge in [0.05, 0.1) is 6.04 Å². The number of aromatic nitrogens is 3. The summed E-state index contributed by atoms with van der Waals surface area (Å²) in [6, 6.07) is -0.166. The van der Waals surface area contributed by atoms with Gasteiger partial charge in [-0.1, -0.05) is 25.2 Å². The van der Waals surface area contributed by atoms with E-state index in [4.69, 9.17) is 5.73 Å². The third kappa shape index (κ3) is 3.81. The molecule has 0 spiro atoms. The van der Waals surface area contributed by atoms with Gasteiger partial charge in [0.25, 0.3) is 5.91 Å². The molecular formula is C12H17N5OS2. The van der Waals surface area contributed by atoms with E-state index in [1.54, 1.807) is 5.38 Å². The van der Waals surface area contributed by atoms with Crippen LogP contribution in [0.4, 0.5) is 5.13 Å². The zero-order valence-electron chi connectivity index (χ0n) is 11.6. The second kappa shape index (κ2) is 6.38. The van der Waals surface area contributed by atoms with Gasteiger partial charge in [0.2, 0.25) is 5.13 Å². The number of carbonyl (C=O) groups is 1. The van der Waals surface area contributed by atoms with Crippen LogP contribution in [0.2, 0.25) is 0 Å². The molecule has 0 aliphatic carbocycles. The molecule has 8 heteroatoms. The SMILES string of the molecule is CC(C)Cc1nnc(NC(=O)c2csc(C(C)N)n2)s1. The van der Waals surface area contributed by atoms with Crippen molar-refractivity contribution >= 4 is 33.7 Å². The average Bonchev–Trinajstić information content (AvgIpc) is 2.97. The lowest BCUT2D eigenvalue weighted by molar-refractivity contribution is 0.102. The van der Waals surface area contributed by atoms with Gasteiger partial charge in [0.1, 0.15) is 15.7 Å². The van der Waals surface area contributed by atoms with Crippen molar-refractivity contribution in [2.24, 2.45) is 11.7 Å². The molecule has 1 atom stereocenters. The highest BCUT2D eigenvalue weighted by Crippen LogP contribution is 2.20. The lowest BCUT2D eigenvalue weighted by Gasteiger charge is -1.99. The number of anilines is 1. The molecule has 2 heterocycles. The first-order valence-corrected chi connectivity index (χ1v) is 8.00. The summed E-state index contributed by atoms with van der Waals surface area (Å²) >= 11 is 2.77. The Morgan fingerprint density at radius 1 is 1.40 bits per heavy atom. The van der Waals surface area contributed by atoms with Gasteiger partial charge in [0.15, 0.2) is 0 Å². The lowest BCUT2D eigenvalue weighted by Crippen LogP contribution is -2.13. The minimum absolute atomic E-state index is 0.166. The molecule has 1 unspecified atom stereocenters. The highest BCUT2D eigenvalue weighted by atomic mass is 32.1. The Balaban J connectivity index is 2.01. The van der Waals surface area contributed by atoms with Crippen LogP contribution in [0.15, 0.2) is 5.38 Å². The third-order valence-corrected chi connectivity index (χ3v) is 4.32. The predicted octanol–water partition coefficient (Wildman–Crippen LogP) is 2.47. The number of hydrogen-bond acceptors (Lipinski definition) is 7. The van der Waals surface area contributed by atoms with Gasteiger partial charge in [0, 0.05) is 11.8 Å². The molecule has 3 N–H and O–H groups in total. The van der Waals surface area contributed by atoms with Gasteiger partial charge in [-0.05, 0) is 12.8 Å². The van der Waals surface area contributed by atoms with E-state index < -0.39 is 0 Å². The minimum atomic E-state index is -0.277. The summed E-state index contributed by atoms with van der Waals surface area (Å²) in [4.78, 5) is 16.2. The number of nitrogens with two attached hydrogens (primary N) is 1. The van der Waals surface area contributed by atoms with E-state index in [-0.39, 0.29) is 11.9 Å². The zero-order chi connectivity index (χ0) is 14.7. The van der Waals surface area contributed by atoms with Crippen molar-refractivity contribution in [2.45, 2.75) is 33.2 Å². The third-order valence-electron chi connectivity index (χ3n) is 2.41. The van der Waals surface area contributed by atoms with E-state index in [2.05, 4.69) is 34.3 Å². The van der Waals surface area contributed by atoms with Crippen LogP contribution < -0.4 is 11.1 Å². The van der Waals surface area contributed by atoms with Crippen molar-refractivity contribution < 1.29 is 4.79 Å². The molecule has 1 amide bonds. The van der Waals surface area contributed by atoms with E-state index in [9.17, 15) is 4.79 Å². The summed E-state index contributed by atoms with van der Waals surface area (Å²) in [6.07, 6.45) is 0.860. The second-order valence-electron chi connectivity index (χ2n) is 4.91. The molecule has 0 aliphatic heterocycles. The quantitative estimate of drug-likeness (QED) is 0.884. The van der Waals surface area contributed by atoms with Crippen molar-refractivity contribution in [2.75, 3.05) is 5.32 Å². The van der Waals surface area contributed by atoms with Gasteiger partial charge < -0.3 is 5.73 Å². The molecular weight excluding hydrogens is 294 g/mol. The Morgan fingerprint density at radius 2 is 2.15 bits per heavy atom. The Bertz CT molecular complexity index is 590. The van der Waals surface area contributed by atoms with Crippen molar-refractivity contribution in [1.82, 2.24) is 15.2 Å². The van der Waals surface area contributed by atoms with Gasteiger partial charge in [-0.15, -0.1) is 21.5 Å². The summed E-state index contributed by atoms with van der Waals surface area (Å²) in [5, 5.41) is 14.6. The predicted molar refractivity (Wildman–Crippen MR) is 81.1 cm³/mol. The highest BCUT2D eigenvalue weighted by molar-refractivity contribution is 7.15. The van der Waals surface area contributed by atoms with E-state index in [0.29, 0.717) is 16.7 Å². The standard InChI is InChI=1S/C12H17N5OS2/c1-6(2)4-9-16-17-12(20-9)15-10(18)8-5-19-11(14-8)7(3)13/h5-7H,4,13H2,1-3H3,(H,15,17,18). The van der Waals surface area contributed by atoms with Crippen LogP contribution in [-0.4, -0.2) is 21.1 Å². The van der Waals surface area contributed by atoms with Crippen molar-refractivity contribution in [1.29, 1.82) is 0 Å². The fourth-order valence-corrected chi connectivity index (χ4v) is 3.20. The van der Waals surface area contributed by atoms with Crippen molar-refractivity contribution in [3.05, 3.63) is 21.1 Å². The fourth-order valence-electron chi connectivity index (χ4n) is 1.50. The van der Waals surface area contributed by atoms with Gasteiger partial charge in [-0.2, -0.15) is 0 Å². The smallest absolute Gasteiger partial charge is 0.276 e. The normalized spacial score (nSPS) is 12.7. The maximum Gasteiger partial charge on any atom is 0.276 e. The summed E-state index contributed by atoms with van der Waals surface area (Å²) in [7, 11) is 0. The van der Waals surface area contributed by atoms with E-state index in [1.807, 2.05) is 6.92 Å². The summed E-state index contributed by atoms with van der Waals surface area (Å²) in [5.74, 6) is 0.235. The molecule has 0 bridgehead atoms. The summed E-state index contributed by atoms with van der Waals surface area (Å²) < 4.78 is 0. The van der Waals surface area contributed by atoms with Crippen molar-refractivity contribution in [3.8, 4) is 0 Å². The first-order chi connectivity index (χ1) is 9.45. The van der Waals surface area contributed by atoms with Crippen LogP contribution >= 0.6 is 22.7 Å². The molecule has 0 saturated carbocycles. The van der Waals surface area contributed by atoms with Crippen LogP contribution in [-0.2, 0) is 6.42 Å². The maximum absolute atomic E-state index is 12.0. The zero-order valence-corrected chi connectivity index (χ0v) is 13.2. The average molecular weight is 311 g/mol. The van der Waals surface area contributed by atoms with Gasteiger partial charge in [-0.3, -0.25) is 10.1 Å². The molecule has 20 heavy (non-hydrogen) atoms. The topological polar surface area (TPSA) is 93.8 Å². The number of rotatable bonds is 5. The Kier molecular flexibility index (Phi) is 4.79. The molecule has 6 nitrogen and oxygen atoms in total. The fraction of sp³-hybridized carbons (Fsp3) is 0.500. The first kappa shape index (κ1) is 15.0. The van der Waals surface area contributed by atoms with Crippen LogP contribution in [0.3, 0.4) is 0 Å². The molecule has 2 aromatic rings. The molecule has 0 fully saturated rings. The number of hydrogen-bond donors (Lipinski definition) is 2. The molecule has 0 radical (unpaired) electrons. The molecule has 108 valence electrons. The highest BCUT2D eigenvalue weighted by Gasteiger charge is 2.15. The monoisotopic (exact) mass is 311 g/mol. The molecule has 0 aliphatic rings.